The molecule has 0 unspecified atom stereocenters. The third kappa shape index (κ3) is 1.32. The Bertz CT molecular complexity index is 335. The zero-order valence-corrected chi connectivity index (χ0v) is 6.39. The summed E-state index contributed by atoms with van der Waals surface area (Å²) < 4.78 is 49.6. The third-order valence-electron chi connectivity index (χ3n) is 1.26. The Morgan fingerprint density at radius 2 is 1.58 bits per heavy atom. The van der Waals surface area contributed by atoms with Crippen LogP contribution in [0.1, 0.15) is 5.56 Å². The van der Waals surface area contributed by atoms with Gasteiger partial charge in [-0.2, -0.15) is 0 Å². The van der Waals surface area contributed by atoms with Crippen molar-refractivity contribution in [3.63, 3.8) is 0 Å². The summed E-state index contributed by atoms with van der Waals surface area (Å²) in [7, 11) is 0. The van der Waals surface area contributed by atoms with Crippen LogP contribution < -0.4 is 0 Å². The molecule has 5 heteroatoms. The molecule has 0 N–H and O–H groups in total. The topological polar surface area (TPSA) is 0 Å². The molecule has 0 heterocycles. The summed E-state index contributed by atoms with van der Waals surface area (Å²) in [4.78, 5) is 0. The lowest BCUT2D eigenvalue weighted by Gasteiger charge is -1.99. The lowest BCUT2D eigenvalue weighted by Crippen LogP contribution is -1.99. The Morgan fingerprint density at radius 3 is 2.08 bits per heavy atom. The molecule has 0 spiro atoms. The van der Waals surface area contributed by atoms with Crippen LogP contribution in [0.2, 0.25) is 0 Å². The molecule has 64 valence electrons. The van der Waals surface area contributed by atoms with Crippen molar-refractivity contribution >= 4 is 17.6 Å². The molecule has 0 aliphatic heterocycles. The fourth-order valence-corrected chi connectivity index (χ4v) is 0.848. The highest BCUT2D eigenvalue weighted by Gasteiger charge is 2.16. The third-order valence-corrected chi connectivity index (χ3v) is 1.51. The largest absolute Gasteiger partial charge is 0.204 e. The lowest BCUT2D eigenvalue weighted by atomic mass is 10.2. The van der Waals surface area contributed by atoms with Crippen LogP contribution in [0.5, 0.6) is 0 Å². The first kappa shape index (κ1) is 9.12. The van der Waals surface area contributed by atoms with Crippen LogP contribution in [0.15, 0.2) is 6.07 Å². The van der Waals surface area contributed by atoms with E-state index >= 15 is 0 Å². The predicted molar refractivity (Wildman–Crippen MR) is 39.0 cm³/mol. The molecular formula is C7H2F4S. The summed E-state index contributed by atoms with van der Waals surface area (Å²) in [5.41, 5.74) is -0.471. The van der Waals surface area contributed by atoms with Gasteiger partial charge in [0.2, 0.25) is 0 Å². The quantitative estimate of drug-likeness (QED) is 0.286. The van der Waals surface area contributed by atoms with Gasteiger partial charge in [-0.1, -0.05) is 12.2 Å². The van der Waals surface area contributed by atoms with Gasteiger partial charge < -0.3 is 0 Å². The van der Waals surface area contributed by atoms with E-state index in [-0.39, 0.29) is 0 Å². The molecule has 0 aromatic heterocycles. The van der Waals surface area contributed by atoms with Crippen LogP contribution in [-0.2, 0) is 0 Å². The van der Waals surface area contributed by atoms with E-state index in [1.54, 1.807) is 0 Å². The maximum atomic E-state index is 12.6. The van der Waals surface area contributed by atoms with Gasteiger partial charge >= 0.3 is 0 Å². The van der Waals surface area contributed by atoms with Crippen molar-refractivity contribution in [1.82, 2.24) is 0 Å². The number of rotatable bonds is 1. The molecule has 1 rings (SSSR count). The number of benzene rings is 1. The maximum Gasteiger partial charge on any atom is 0.198 e. The Morgan fingerprint density at radius 1 is 1.00 bits per heavy atom. The number of thiocarbonyl (C=S) groups is 1. The number of halogens is 4. The summed E-state index contributed by atoms with van der Waals surface area (Å²) in [6, 6.07) is 0.501. The van der Waals surface area contributed by atoms with Gasteiger partial charge in [-0.3, -0.25) is 0 Å². The van der Waals surface area contributed by atoms with Crippen molar-refractivity contribution in [3.05, 3.63) is 34.9 Å². The zero-order chi connectivity index (χ0) is 9.30. The van der Waals surface area contributed by atoms with Crippen molar-refractivity contribution < 1.29 is 17.6 Å². The SMILES string of the molecule is Fc1cc(C=S)c(F)c(F)c1F. The van der Waals surface area contributed by atoms with E-state index in [4.69, 9.17) is 0 Å². The van der Waals surface area contributed by atoms with Gasteiger partial charge in [-0.15, -0.1) is 0 Å². The highest BCUT2D eigenvalue weighted by Crippen LogP contribution is 2.17. The summed E-state index contributed by atoms with van der Waals surface area (Å²) in [5.74, 6) is -6.59. The Labute approximate surface area is 70.8 Å². The standard InChI is InChI=1S/C7H2F4S/c8-4-1-3(2-12)5(9)7(11)6(4)10/h1-2H. The zero-order valence-electron chi connectivity index (χ0n) is 5.57. The summed E-state index contributed by atoms with van der Waals surface area (Å²) >= 11 is 4.25. The van der Waals surface area contributed by atoms with E-state index < -0.39 is 28.8 Å². The average molecular weight is 194 g/mol. The first-order chi connectivity index (χ1) is 5.57. The van der Waals surface area contributed by atoms with Crippen molar-refractivity contribution in [1.29, 1.82) is 0 Å². The Kier molecular flexibility index (Phi) is 2.42. The van der Waals surface area contributed by atoms with E-state index in [1.165, 1.54) is 0 Å². The van der Waals surface area contributed by atoms with Crippen molar-refractivity contribution in [2.24, 2.45) is 0 Å². The second-order valence-corrected chi connectivity index (χ2v) is 2.24. The normalized spacial score (nSPS) is 10.0. The Hall–Kier alpha value is -0.970. The Balaban J connectivity index is 3.49. The molecule has 0 fully saturated rings. The van der Waals surface area contributed by atoms with Gasteiger partial charge in [0.05, 0.1) is 0 Å². The molecular weight excluding hydrogens is 192 g/mol. The molecule has 0 amide bonds. The minimum absolute atomic E-state index is 0.471. The predicted octanol–water partition coefficient (Wildman–Crippen LogP) is 2.59. The number of hydrogen-bond acceptors (Lipinski definition) is 1. The van der Waals surface area contributed by atoms with Gasteiger partial charge in [0.1, 0.15) is 0 Å². The minimum atomic E-state index is -1.84. The minimum Gasteiger partial charge on any atom is -0.204 e. The summed E-state index contributed by atoms with van der Waals surface area (Å²) in [6.07, 6.45) is 0. The second-order valence-electron chi connectivity index (χ2n) is 2.01. The smallest absolute Gasteiger partial charge is 0.198 e. The molecule has 0 aliphatic rings. The molecule has 0 atom stereocenters. The fraction of sp³-hybridized carbons (Fsp3) is 0. The van der Waals surface area contributed by atoms with E-state index in [9.17, 15) is 17.6 Å². The van der Waals surface area contributed by atoms with Gasteiger partial charge in [-0.25, -0.2) is 17.6 Å². The summed E-state index contributed by atoms with van der Waals surface area (Å²) in [6.45, 7) is 0. The molecule has 1 aromatic carbocycles. The maximum absolute atomic E-state index is 12.6. The molecule has 0 saturated carbocycles. The highest BCUT2D eigenvalue weighted by molar-refractivity contribution is 7.79. The van der Waals surface area contributed by atoms with Crippen LogP contribution in [-0.4, -0.2) is 5.37 Å². The molecule has 0 radical (unpaired) electrons. The van der Waals surface area contributed by atoms with Crippen molar-refractivity contribution in [3.8, 4) is 0 Å². The van der Waals surface area contributed by atoms with Gasteiger partial charge in [0.25, 0.3) is 0 Å². The first-order valence-corrected chi connectivity index (χ1v) is 3.33. The van der Waals surface area contributed by atoms with Crippen molar-refractivity contribution in [2.75, 3.05) is 0 Å². The lowest BCUT2D eigenvalue weighted by molar-refractivity contribution is 0.408. The van der Waals surface area contributed by atoms with Crippen LogP contribution in [0.3, 0.4) is 0 Å². The molecule has 12 heavy (non-hydrogen) atoms. The second kappa shape index (κ2) is 3.18. The molecule has 0 bridgehead atoms. The van der Waals surface area contributed by atoms with Gasteiger partial charge in [-0.05, 0) is 6.07 Å². The van der Waals surface area contributed by atoms with E-state index in [0.29, 0.717) is 6.07 Å². The van der Waals surface area contributed by atoms with Crippen molar-refractivity contribution in [2.45, 2.75) is 0 Å². The van der Waals surface area contributed by atoms with E-state index in [0.717, 1.165) is 5.37 Å². The molecule has 0 nitrogen and oxygen atoms in total. The molecule has 0 aliphatic carbocycles. The highest BCUT2D eigenvalue weighted by atomic mass is 32.1. The fourth-order valence-electron chi connectivity index (χ4n) is 0.677. The van der Waals surface area contributed by atoms with Gasteiger partial charge in [0, 0.05) is 10.9 Å². The monoisotopic (exact) mass is 194 g/mol. The molecule has 1 aromatic rings. The van der Waals surface area contributed by atoms with Gasteiger partial charge in [0.15, 0.2) is 23.3 Å². The van der Waals surface area contributed by atoms with Crippen LogP contribution >= 0.6 is 12.2 Å². The van der Waals surface area contributed by atoms with Crippen LogP contribution in [0.25, 0.3) is 0 Å². The number of hydrogen-bond donors (Lipinski definition) is 0. The summed E-state index contributed by atoms with van der Waals surface area (Å²) in [5, 5.41) is 0.737. The van der Waals surface area contributed by atoms with E-state index in [1.807, 2.05) is 0 Å². The molecule has 0 saturated heterocycles. The van der Waals surface area contributed by atoms with E-state index in [2.05, 4.69) is 12.2 Å². The van der Waals surface area contributed by atoms with Crippen LogP contribution in [0, 0.1) is 23.3 Å². The van der Waals surface area contributed by atoms with Crippen LogP contribution in [0.4, 0.5) is 17.6 Å². The average Bonchev–Trinajstić information content (AvgIpc) is 2.08. The first-order valence-electron chi connectivity index (χ1n) is 2.86.